The highest BCUT2D eigenvalue weighted by Crippen LogP contribution is 2.39. The number of carboxylic acid groups (broad SMARTS) is 1. The van der Waals surface area contributed by atoms with Gasteiger partial charge < -0.3 is 14.8 Å². The van der Waals surface area contributed by atoms with Crippen molar-refractivity contribution < 1.29 is 19.1 Å². The normalized spacial score (nSPS) is 18.5. The van der Waals surface area contributed by atoms with E-state index < -0.39 is 17.4 Å². The summed E-state index contributed by atoms with van der Waals surface area (Å²) in [6, 6.07) is 1.67. The molecule has 0 aliphatic heterocycles. The molecular formula is C12H15NO4. The number of rotatable bonds is 4. The zero-order valence-corrected chi connectivity index (χ0v) is 9.82. The number of nitrogens with one attached hydrogen (secondary N) is 1. The van der Waals surface area contributed by atoms with Gasteiger partial charge in [-0.1, -0.05) is 0 Å². The van der Waals surface area contributed by atoms with Crippen molar-refractivity contribution in [2.45, 2.75) is 32.2 Å². The van der Waals surface area contributed by atoms with Crippen molar-refractivity contribution in [3.8, 4) is 0 Å². The topological polar surface area (TPSA) is 79.5 Å². The first-order valence-electron chi connectivity index (χ1n) is 5.55. The molecule has 0 bridgehead atoms. The van der Waals surface area contributed by atoms with Crippen LogP contribution in [0.25, 0.3) is 0 Å². The van der Waals surface area contributed by atoms with Crippen LogP contribution in [0.2, 0.25) is 0 Å². The number of carboxylic acids is 1. The highest BCUT2D eigenvalue weighted by atomic mass is 16.4. The summed E-state index contributed by atoms with van der Waals surface area (Å²) in [6.07, 6.45) is 3.08. The van der Waals surface area contributed by atoms with E-state index in [1.54, 1.807) is 19.9 Å². The van der Waals surface area contributed by atoms with E-state index in [-0.39, 0.29) is 11.7 Å². The molecule has 5 heteroatoms. The molecule has 1 heterocycles. The minimum absolute atomic E-state index is 0.0132. The summed E-state index contributed by atoms with van der Waals surface area (Å²) < 4.78 is 5.05. The first-order chi connectivity index (χ1) is 7.95. The van der Waals surface area contributed by atoms with E-state index in [1.807, 2.05) is 0 Å². The molecule has 0 aromatic carbocycles. The molecule has 17 heavy (non-hydrogen) atoms. The van der Waals surface area contributed by atoms with Gasteiger partial charge in [0, 0.05) is 5.56 Å². The fourth-order valence-corrected chi connectivity index (χ4v) is 1.89. The van der Waals surface area contributed by atoms with E-state index in [2.05, 4.69) is 5.32 Å². The van der Waals surface area contributed by atoms with Gasteiger partial charge in [0.05, 0.1) is 6.26 Å². The van der Waals surface area contributed by atoms with E-state index in [0.717, 1.165) is 12.8 Å². The molecule has 0 saturated heterocycles. The molecule has 1 saturated carbocycles. The lowest BCUT2D eigenvalue weighted by molar-refractivity contribution is -0.144. The third-order valence-electron chi connectivity index (χ3n) is 3.28. The highest BCUT2D eigenvalue weighted by Gasteiger charge is 2.49. The van der Waals surface area contributed by atoms with Crippen LogP contribution in [0, 0.1) is 12.8 Å². The van der Waals surface area contributed by atoms with Crippen molar-refractivity contribution in [1.29, 1.82) is 0 Å². The van der Waals surface area contributed by atoms with Gasteiger partial charge in [-0.2, -0.15) is 0 Å². The van der Waals surface area contributed by atoms with Gasteiger partial charge in [-0.05, 0) is 38.7 Å². The third kappa shape index (κ3) is 2.05. The Hall–Kier alpha value is -1.78. The number of carbonyl (C=O) groups excluding carboxylic acids is 1. The van der Waals surface area contributed by atoms with Crippen LogP contribution in [0.4, 0.5) is 0 Å². The molecule has 1 fully saturated rings. The second-order valence-corrected chi connectivity index (χ2v) is 4.67. The summed E-state index contributed by atoms with van der Waals surface area (Å²) in [5.41, 5.74) is -0.498. The molecule has 0 spiro atoms. The maximum Gasteiger partial charge on any atom is 0.329 e. The molecule has 92 valence electrons. The molecule has 1 aromatic rings. The van der Waals surface area contributed by atoms with Gasteiger partial charge in [0.25, 0.3) is 5.91 Å². The van der Waals surface area contributed by atoms with Crippen molar-refractivity contribution in [2.24, 2.45) is 5.92 Å². The van der Waals surface area contributed by atoms with E-state index in [4.69, 9.17) is 4.42 Å². The van der Waals surface area contributed by atoms with Gasteiger partial charge in [0.1, 0.15) is 5.54 Å². The number of aryl methyl sites for hydroxylation is 1. The molecule has 1 atom stereocenters. The molecule has 2 rings (SSSR count). The molecule has 1 unspecified atom stereocenters. The van der Waals surface area contributed by atoms with Crippen molar-refractivity contribution >= 4 is 11.9 Å². The second kappa shape index (κ2) is 3.91. The lowest BCUT2D eigenvalue weighted by Gasteiger charge is -2.25. The second-order valence-electron chi connectivity index (χ2n) is 4.67. The summed E-state index contributed by atoms with van der Waals surface area (Å²) >= 11 is 0. The fourth-order valence-electron chi connectivity index (χ4n) is 1.89. The third-order valence-corrected chi connectivity index (χ3v) is 3.28. The Kier molecular flexibility index (Phi) is 2.69. The van der Waals surface area contributed by atoms with Gasteiger partial charge in [-0.25, -0.2) is 4.79 Å². The summed E-state index contributed by atoms with van der Waals surface area (Å²) in [7, 11) is 0. The minimum atomic E-state index is -1.20. The molecular weight excluding hydrogens is 222 g/mol. The Morgan fingerprint density at radius 2 is 2.18 bits per heavy atom. The predicted octanol–water partition coefficient (Wildman–Crippen LogP) is 1.57. The van der Waals surface area contributed by atoms with Gasteiger partial charge in [0.2, 0.25) is 0 Å². The Balaban J connectivity index is 2.17. The smallest absolute Gasteiger partial charge is 0.329 e. The van der Waals surface area contributed by atoms with E-state index in [1.165, 1.54) is 6.26 Å². The maximum atomic E-state index is 11.9. The molecule has 1 amide bonds. The average molecular weight is 237 g/mol. The molecule has 1 aromatic heterocycles. The van der Waals surface area contributed by atoms with Gasteiger partial charge >= 0.3 is 5.97 Å². The van der Waals surface area contributed by atoms with E-state index in [9.17, 15) is 14.7 Å². The summed E-state index contributed by atoms with van der Waals surface area (Å²) in [5, 5.41) is 11.8. The lowest BCUT2D eigenvalue weighted by Crippen LogP contribution is -2.54. The van der Waals surface area contributed by atoms with Crippen LogP contribution >= 0.6 is 0 Å². The first-order valence-corrected chi connectivity index (χ1v) is 5.55. The zero-order valence-electron chi connectivity index (χ0n) is 9.82. The molecule has 2 N–H and O–H groups in total. The number of hydrogen-bond acceptors (Lipinski definition) is 3. The Morgan fingerprint density at radius 1 is 1.53 bits per heavy atom. The molecule has 1 aliphatic rings. The molecule has 0 radical (unpaired) electrons. The Bertz CT molecular complexity index is 461. The number of aliphatic carboxylic acids is 1. The quantitative estimate of drug-likeness (QED) is 0.833. The SMILES string of the molecule is Cc1ccoc1C(=O)NC(C)(C(=O)O)C1CC1. The van der Waals surface area contributed by atoms with Crippen molar-refractivity contribution in [3.63, 3.8) is 0 Å². The number of hydrogen-bond donors (Lipinski definition) is 2. The molecule has 1 aliphatic carbocycles. The Labute approximate surface area is 98.8 Å². The fraction of sp³-hybridized carbons (Fsp3) is 0.500. The van der Waals surface area contributed by atoms with Crippen molar-refractivity contribution in [2.75, 3.05) is 0 Å². The maximum absolute atomic E-state index is 11.9. The monoisotopic (exact) mass is 237 g/mol. The lowest BCUT2D eigenvalue weighted by atomic mass is 9.95. The zero-order chi connectivity index (χ0) is 12.6. The standard InChI is InChI=1S/C12H15NO4/c1-7-5-6-17-9(7)10(14)13-12(2,11(15)16)8-3-4-8/h5-6,8H,3-4H2,1-2H3,(H,13,14)(H,15,16). The van der Waals surface area contributed by atoms with Crippen LogP contribution in [-0.4, -0.2) is 22.5 Å². The first kappa shape index (κ1) is 11.7. The van der Waals surface area contributed by atoms with Crippen molar-refractivity contribution in [1.82, 2.24) is 5.32 Å². The predicted molar refractivity (Wildman–Crippen MR) is 59.7 cm³/mol. The highest BCUT2D eigenvalue weighted by molar-refractivity contribution is 5.96. The number of amides is 1. The van der Waals surface area contributed by atoms with Crippen LogP contribution in [-0.2, 0) is 4.79 Å². The van der Waals surface area contributed by atoms with Crippen LogP contribution in [0.3, 0.4) is 0 Å². The van der Waals surface area contributed by atoms with E-state index >= 15 is 0 Å². The van der Waals surface area contributed by atoms with Crippen molar-refractivity contribution in [3.05, 3.63) is 23.7 Å². The van der Waals surface area contributed by atoms with Crippen LogP contribution < -0.4 is 5.32 Å². The number of furan rings is 1. The van der Waals surface area contributed by atoms with Gasteiger partial charge in [0.15, 0.2) is 5.76 Å². The average Bonchev–Trinajstić information content (AvgIpc) is 3.01. The van der Waals surface area contributed by atoms with Crippen LogP contribution in [0.15, 0.2) is 16.7 Å². The summed E-state index contributed by atoms with van der Waals surface area (Å²) in [6.45, 7) is 3.29. The number of carbonyl (C=O) groups is 2. The summed E-state index contributed by atoms with van der Waals surface area (Å²) in [4.78, 5) is 23.2. The van der Waals surface area contributed by atoms with Crippen LogP contribution in [0.5, 0.6) is 0 Å². The van der Waals surface area contributed by atoms with Crippen LogP contribution in [0.1, 0.15) is 35.9 Å². The largest absolute Gasteiger partial charge is 0.480 e. The van der Waals surface area contributed by atoms with Gasteiger partial charge in [-0.15, -0.1) is 0 Å². The molecule has 5 nitrogen and oxygen atoms in total. The summed E-state index contributed by atoms with van der Waals surface area (Å²) in [5.74, 6) is -1.28. The van der Waals surface area contributed by atoms with Gasteiger partial charge in [-0.3, -0.25) is 4.79 Å². The Morgan fingerprint density at radius 3 is 2.59 bits per heavy atom. The minimum Gasteiger partial charge on any atom is -0.480 e. The van der Waals surface area contributed by atoms with E-state index in [0.29, 0.717) is 5.56 Å².